The lowest BCUT2D eigenvalue weighted by Crippen LogP contribution is -2.46. The van der Waals surface area contributed by atoms with Crippen molar-refractivity contribution < 1.29 is 4.79 Å². The van der Waals surface area contributed by atoms with Gasteiger partial charge in [0.2, 0.25) is 0 Å². The van der Waals surface area contributed by atoms with E-state index in [1.807, 2.05) is 6.92 Å². The fourth-order valence-electron chi connectivity index (χ4n) is 7.14. The number of hydrogen-bond donors (Lipinski definition) is 0. The maximum atomic E-state index is 12.2. The Kier molecular flexibility index (Phi) is 4.32. The predicted molar refractivity (Wildman–Crippen MR) is 98.4 cm³/mol. The van der Waals surface area contributed by atoms with Crippen LogP contribution in [0, 0.1) is 52.2 Å². The molecule has 1 nitrogen and oxygen atoms in total. The number of halogens is 1. The van der Waals surface area contributed by atoms with Crippen molar-refractivity contribution in [3.05, 3.63) is 11.6 Å². The van der Waals surface area contributed by atoms with E-state index >= 15 is 0 Å². The number of fused-ring (bicyclic) bond motifs is 5. The summed E-state index contributed by atoms with van der Waals surface area (Å²) in [7, 11) is 0. The molecule has 4 rings (SSSR count). The highest BCUT2D eigenvalue weighted by atomic mass is 35.5. The van der Waals surface area contributed by atoms with Gasteiger partial charge in [-0.1, -0.05) is 24.5 Å². The predicted octanol–water partition coefficient (Wildman–Crippen LogP) is 5.58. The zero-order valence-corrected chi connectivity index (χ0v) is 15.7. The van der Waals surface area contributed by atoms with Gasteiger partial charge in [-0.15, -0.1) is 0 Å². The van der Waals surface area contributed by atoms with E-state index in [0.29, 0.717) is 17.6 Å². The van der Waals surface area contributed by atoms with Gasteiger partial charge in [0, 0.05) is 17.2 Å². The third-order valence-corrected chi connectivity index (χ3v) is 8.30. The van der Waals surface area contributed by atoms with E-state index in [2.05, 4.69) is 24.3 Å². The highest BCUT2D eigenvalue weighted by Crippen LogP contribution is 2.63. The minimum absolute atomic E-state index is 0.277. The third-order valence-electron chi connectivity index (χ3n) is 8.20. The molecule has 3 saturated carbocycles. The van der Waals surface area contributed by atoms with E-state index in [0.717, 1.165) is 36.5 Å². The second-order valence-corrected chi connectivity index (χ2v) is 9.25. The molecule has 7 atom stereocenters. The second-order valence-electron chi connectivity index (χ2n) is 9.06. The topological polar surface area (TPSA) is 17.1 Å². The van der Waals surface area contributed by atoms with E-state index in [4.69, 9.17) is 11.6 Å². The number of carbonyl (C=O) groups is 1. The van der Waals surface area contributed by atoms with Gasteiger partial charge < -0.3 is 0 Å². The van der Waals surface area contributed by atoms with Crippen LogP contribution in [0.15, 0.2) is 11.6 Å². The van der Waals surface area contributed by atoms with Gasteiger partial charge in [-0.05, 0) is 99.0 Å². The van der Waals surface area contributed by atoms with E-state index in [9.17, 15) is 4.79 Å². The zero-order valence-electron chi connectivity index (χ0n) is 15.0. The Bertz CT molecular complexity index is 624. The standard InChI is InChI=1S/C22H29ClO/c1-14(24)20-7-8-21-19-6-4-16-13-15(10-12-23)3-5-17(16)18(19)9-11-22(20,21)2/h4,15,17-21H,3,5-9,11,13H2,1-2H3. The van der Waals surface area contributed by atoms with Crippen LogP contribution in [0.3, 0.4) is 0 Å². The van der Waals surface area contributed by atoms with Crippen LogP contribution >= 0.6 is 11.6 Å². The molecule has 0 aromatic carbocycles. The van der Waals surface area contributed by atoms with E-state index in [-0.39, 0.29) is 5.41 Å². The highest BCUT2D eigenvalue weighted by Gasteiger charge is 2.56. The molecule has 130 valence electrons. The van der Waals surface area contributed by atoms with Gasteiger partial charge in [0.25, 0.3) is 0 Å². The molecule has 2 heteroatoms. The van der Waals surface area contributed by atoms with Crippen molar-refractivity contribution in [2.24, 2.45) is 40.9 Å². The molecule has 24 heavy (non-hydrogen) atoms. The molecule has 0 bridgehead atoms. The van der Waals surface area contributed by atoms with Crippen LogP contribution in [0.2, 0.25) is 0 Å². The third kappa shape index (κ3) is 2.48. The minimum atomic E-state index is 0.277. The molecule has 0 radical (unpaired) electrons. The molecule has 0 N–H and O–H groups in total. The van der Waals surface area contributed by atoms with Gasteiger partial charge in [-0.3, -0.25) is 4.79 Å². The summed E-state index contributed by atoms with van der Waals surface area (Å²) in [5.41, 5.74) is 1.95. The van der Waals surface area contributed by atoms with Crippen LogP contribution in [0.1, 0.15) is 65.2 Å². The van der Waals surface area contributed by atoms with Crippen molar-refractivity contribution in [2.75, 3.05) is 0 Å². The Morgan fingerprint density at radius 2 is 2.04 bits per heavy atom. The molecule has 0 heterocycles. The fourth-order valence-corrected chi connectivity index (χ4v) is 7.29. The summed E-state index contributed by atoms with van der Waals surface area (Å²) in [5.74, 6) is 7.66. The number of hydrogen-bond acceptors (Lipinski definition) is 1. The highest BCUT2D eigenvalue weighted by molar-refractivity contribution is 6.30. The van der Waals surface area contributed by atoms with Gasteiger partial charge in [-0.25, -0.2) is 0 Å². The molecule has 4 aliphatic rings. The smallest absolute Gasteiger partial charge is 0.133 e. The largest absolute Gasteiger partial charge is 0.300 e. The summed E-state index contributed by atoms with van der Waals surface area (Å²) in [6.45, 7) is 4.25. The molecule has 0 aliphatic heterocycles. The van der Waals surface area contributed by atoms with Gasteiger partial charge in [0.15, 0.2) is 0 Å². The van der Waals surface area contributed by atoms with Crippen LogP contribution in [0.25, 0.3) is 0 Å². The minimum Gasteiger partial charge on any atom is -0.300 e. The molecular weight excluding hydrogens is 316 g/mol. The molecule has 0 spiro atoms. The SMILES string of the molecule is CC(=O)C1CCC2C3CC=C4CC(C#CCl)CCC4C3CCC12C. The molecule has 3 fully saturated rings. The van der Waals surface area contributed by atoms with Crippen molar-refractivity contribution in [1.82, 2.24) is 0 Å². The lowest BCUT2D eigenvalue weighted by Gasteiger charge is -2.53. The van der Waals surface area contributed by atoms with Crippen LogP contribution in [0.5, 0.6) is 0 Å². The lowest BCUT2D eigenvalue weighted by atomic mass is 9.51. The molecule has 0 saturated heterocycles. The van der Waals surface area contributed by atoms with Crippen LogP contribution in [-0.2, 0) is 4.79 Å². The van der Waals surface area contributed by atoms with Crippen LogP contribution < -0.4 is 0 Å². The Balaban J connectivity index is 1.57. The average Bonchev–Trinajstić information content (AvgIpc) is 2.92. The average molecular weight is 345 g/mol. The Hall–Kier alpha value is -0.740. The molecule has 0 aromatic rings. The molecule has 0 amide bonds. The molecule has 7 unspecified atom stereocenters. The van der Waals surface area contributed by atoms with Gasteiger partial charge in [0.1, 0.15) is 5.78 Å². The summed E-state index contributed by atoms with van der Waals surface area (Å²) < 4.78 is 0. The number of Topliss-reactive ketones (excluding diaryl/α,β-unsaturated/α-hetero) is 1. The lowest BCUT2D eigenvalue weighted by molar-refractivity contribution is -0.126. The van der Waals surface area contributed by atoms with E-state index in [1.165, 1.54) is 38.5 Å². The quantitative estimate of drug-likeness (QED) is 0.448. The van der Waals surface area contributed by atoms with E-state index in [1.54, 1.807) is 5.57 Å². The van der Waals surface area contributed by atoms with Crippen molar-refractivity contribution in [3.63, 3.8) is 0 Å². The zero-order chi connectivity index (χ0) is 16.9. The Morgan fingerprint density at radius 1 is 1.21 bits per heavy atom. The summed E-state index contributed by atoms with van der Waals surface area (Å²) in [6.07, 6.45) is 12.4. The van der Waals surface area contributed by atoms with Crippen LogP contribution in [-0.4, -0.2) is 5.78 Å². The Labute approximate surface area is 151 Å². The van der Waals surface area contributed by atoms with Crippen molar-refractivity contribution in [1.29, 1.82) is 0 Å². The number of allylic oxidation sites excluding steroid dienone is 2. The number of rotatable bonds is 1. The van der Waals surface area contributed by atoms with E-state index < -0.39 is 0 Å². The van der Waals surface area contributed by atoms with Crippen molar-refractivity contribution in [3.8, 4) is 11.3 Å². The monoisotopic (exact) mass is 344 g/mol. The summed E-state index contributed by atoms with van der Waals surface area (Å²) >= 11 is 5.63. The van der Waals surface area contributed by atoms with Gasteiger partial charge in [-0.2, -0.15) is 0 Å². The fraction of sp³-hybridized carbons (Fsp3) is 0.773. The maximum Gasteiger partial charge on any atom is 0.133 e. The summed E-state index contributed by atoms with van der Waals surface area (Å²) in [4.78, 5) is 12.2. The van der Waals surface area contributed by atoms with Crippen LogP contribution in [0.4, 0.5) is 0 Å². The van der Waals surface area contributed by atoms with Gasteiger partial charge >= 0.3 is 0 Å². The Morgan fingerprint density at radius 3 is 2.79 bits per heavy atom. The normalized spacial score (nSPS) is 46.7. The van der Waals surface area contributed by atoms with Crippen molar-refractivity contribution >= 4 is 17.4 Å². The first-order chi connectivity index (χ1) is 11.5. The summed E-state index contributed by atoms with van der Waals surface area (Å²) in [5, 5.41) is 2.60. The summed E-state index contributed by atoms with van der Waals surface area (Å²) in [6, 6.07) is 0. The number of ketones is 1. The maximum absolute atomic E-state index is 12.2. The first-order valence-corrected chi connectivity index (χ1v) is 10.2. The molecule has 0 aromatic heterocycles. The first kappa shape index (κ1) is 16.7. The molecular formula is C22H29ClO. The second kappa shape index (κ2) is 6.21. The molecule has 4 aliphatic carbocycles. The van der Waals surface area contributed by atoms with Crippen molar-refractivity contribution in [2.45, 2.75) is 65.2 Å². The number of carbonyl (C=O) groups excluding carboxylic acids is 1. The van der Waals surface area contributed by atoms with Gasteiger partial charge in [0.05, 0.1) is 0 Å². The first-order valence-electron chi connectivity index (χ1n) is 9.85.